The van der Waals surface area contributed by atoms with Gasteiger partial charge in [0.05, 0.1) is 25.7 Å². The molecule has 0 aliphatic carbocycles. The Balaban J connectivity index is 1.99. The van der Waals surface area contributed by atoms with E-state index in [2.05, 4.69) is 5.32 Å². The van der Waals surface area contributed by atoms with Crippen LogP contribution in [0.2, 0.25) is 0 Å². The molecular formula is C17H24N2O4. The summed E-state index contributed by atoms with van der Waals surface area (Å²) in [6, 6.07) is 9.31. The molecule has 1 fully saturated rings. The van der Waals surface area contributed by atoms with Crippen LogP contribution in [-0.4, -0.2) is 50.8 Å². The zero-order valence-corrected chi connectivity index (χ0v) is 13.7. The maximum absolute atomic E-state index is 12.5. The third kappa shape index (κ3) is 4.69. The number of carbonyl (C=O) groups is 2. The van der Waals surface area contributed by atoms with Crippen molar-refractivity contribution in [2.75, 3.05) is 33.9 Å². The molecule has 0 bridgehead atoms. The second-order valence-electron chi connectivity index (χ2n) is 5.68. The minimum absolute atomic E-state index is 0.176. The van der Waals surface area contributed by atoms with Crippen LogP contribution in [0.25, 0.3) is 0 Å². The highest BCUT2D eigenvalue weighted by Gasteiger charge is 2.30. The molecule has 2 atom stereocenters. The number of likely N-dealkylation sites (tertiary alicyclic amines) is 1. The zero-order valence-electron chi connectivity index (χ0n) is 13.7. The normalized spacial score (nSPS) is 19.0. The maximum Gasteiger partial charge on any atom is 0.317 e. The second-order valence-corrected chi connectivity index (χ2v) is 5.68. The van der Waals surface area contributed by atoms with E-state index < -0.39 is 0 Å². The van der Waals surface area contributed by atoms with Gasteiger partial charge in [0, 0.05) is 20.2 Å². The Bertz CT molecular complexity index is 521. The molecule has 2 amide bonds. The van der Waals surface area contributed by atoms with Crippen molar-refractivity contribution in [2.24, 2.45) is 5.92 Å². The highest BCUT2D eigenvalue weighted by Crippen LogP contribution is 2.19. The summed E-state index contributed by atoms with van der Waals surface area (Å²) in [6.07, 6.45) is 1.56. The summed E-state index contributed by atoms with van der Waals surface area (Å²) < 4.78 is 10.0. The van der Waals surface area contributed by atoms with E-state index in [0.717, 1.165) is 18.4 Å². The van der Waals surface area contributed by atoms with Crippen LogP contribution in [0, 0.1) is 5.92 Å². The summed E-state index contributed by atoms with van der Waals surface area (Å²) in [7, 11) is 2.99. The summed E-state index contributed by atoms with van der Waals surface area (Å²) in [5.74, 6) is -0.490. The van der Waals surface area contributed by atoms with Gasteiger partial charge in [0.1, 0.15) is 0 Å². The molecule has 6 heteroatoms. The van der Waals surface area contributed by atoms with Gasteiger partial charge in [-0.05, 0) is 18.4 Å². The quantitative estimate of drug-likeness (QED) is 0.842. The molecule has 0 saturated carbocycles. The maximum atomic E-state index is 12.5. The molecule has 1 aliphatic heterocycles. The van der Waals surface area contributed by atoms with Crippen LogP contribution >= 0.6 is 0 Å². The molecule has 1 aromatic rings. The van der Waals surface area contributed by atoms with Gasteiger partial charge in [0.15, 0.2) is 0 Å². The van der Waals surface area contributed by atoms with Gasteiger partial charge in [0.25, 0.3) is 0 Å². The first-order valence-corrected chi connectivity index (χ1v) is 7.83. The zero-order chi connectivity index (χ0) is 16.7. The molecule has 126 valence electrons. The lowest BCUT2D eigenvalue weighted by Crippen LogP contribution is -2.48. The van der Waals surface area contributed by atoms with Crippen LogP contribution in [0.5, 0.6) is 0 Å². The second kappa shape index (κ2) is 8.53. The highest BCUT2D eigenvalue weighted by atomic mass is 16.5. The van der Waals surface area contributed by atoms with E-state index in [1.165, 1.54) is 7.11 Å². The fraction of sp³-hybridized carbons (Fsp3) is 0.529. The number of hydrogen-bond acceptors (Lipinski definition) is 4. The summed E-state index contributed by atoms with van der Waals surface area (Å²) in [5, 5.41) is 2.99. The SMILES string of the molecule is COC[C@@H](NC(=O)N1CCC[C@H](C(=O)OC)C1)c1ccccc1. The number of hydrogen-bond donors (Lipinski definition) is 1. The number of rotatable bonds is 5. The van der Waals surface area contributed by atoms with E-state index in [1.54, 1.807) is 12.0 Å². The smallest absolute Gasteiger partial charge is 0.317 e. The Morgan fingerprint density at radius 1 is 1.30 bits per heavy atom. The Morgan fingerprint density at radius 2 is 2.04 bits per heavy atom. The van der Waals surface area contributed by atoms with E-state index in [0.29, 0.717) is 19.7 Å². The highest BCUT2D eigenvalue weighted by molar-refractivity contribution is 5.77. The molecule has 1 heterocycles. The van der Waals surface area contributed by atoms with E-state index in [-0.39, 0.29) is 24.0 Å². The van der Waals surface area contributed by atoms with Gasteiger partial charge in [-0.2, -0.15) is 0 Å². The minimum atomic E-state index is -0.251. The predicted octanol–water partition coefficient (Wildman–Crippen LogP) is 1.97. The average Bonchev–Trinajstić information content (AvgIpc) is 2.61. The molecule has 1 saturated heterocycles. The Labute approximate surface area is 136 Å². The third-order valence-electron chi connectivity index (χ3n) is 4.08. The van der Waals surface area contributed by atoms with E-state index in [1.807, 2.05) is 30.3 Å². The van der Waals surface area contributed by atoms with E-state index >= 15 is 0 Å². The molecule has 6 nitrogen and oxygen atoms in total. The summed E-state index contributed by atoms with van der Waals surface area (Å²) in [6.45, 7) is 1.44. The van der Waals surface area contributed by atoms with Crippen molar-refractivity contribution in [3.8, 4) is 0 Å². The Hall–Kier alpha value is -2.08. The lowest BCUT2D eigenvalue weighted by molar-refractivity contribution is -0.146. The number of benzene rings is 1. The van der Waals surface area contributed by atoms with Crippen molar-refractivity contribution >= 4 is 12.0 Å². The van der Waals surface area contributed by atoms with Crippen LogP contribution in [-0.2, 0) is 14.3 Å². The molecule has 0 unspecified atom stereocenters. The molecule has 1 aliphatic rings. The lowest BCUT2D eigenvalue weighted by Gasteiger charge is -2.32. The summed E-state index contributed by atoms with van der Waals surface area (Å²) >= 11 is 0. The first-order chi connectivity index (χ1) is 11.2. The van der Waals surface area contributed by atoms with Gasteiger partial charge in [-0.1, -0.05) is 30.3 Å². The van der Waals surface area contributed by atoms with Crippen LogP contribution in [0.1, 0.15) is 24.4 Å². The predicted molar refractivity (Wildman–Crippen MR) is 85.9 cm³/mol. The molecule has 2 rings (SSSR count). The van der Waals surface area contributed by atoms with Gasteiger partial charge in [-0.15, -0.1) is 0 Å². The van der Waals surface area contributed by atoms with Crippen LogP contribution in [0.15, 0.2) is 30.3 Å². The standard InChI is InChI=1S/C17H24N2O4/c1-22-12-15(13-7-4-3-5-8-13)18-17(21)19-10-6-9-14(11-19)16(20)23-2/h3-5,7-8,14-15H,6,9-12H2,1-2H3,(H,18,21)/t14-,15+/m0/s1. The van der Waals surface area contributed by atoms with Gasteiger partial charge in [-0.25, -0.2) is 4.79 Å². The number of nitrogens with one attached hydrogen (secondary N) is 1. The van der Waals surface area contributed by atoms with Crippen molar-refractivity contribution in [3.05, 3.63) is 35.9 Å². The van der Waals surface area contributed by atoms with Crippen LogP contribution in [0.3, 0.4) is 0 Å². The molecule has 1 N–H and O–H groups in total. The van der Waals surface area contributed by atoms with Crippen LogP contribution < -0.4 is 5.32 Å². The fourth-order valence-electron chi connectivity index (χ4n) is 2.83. The van der Waals surface area contributed by atoms with Crippen molar-refractivity contribution in [3.63, 3.8) is 0 Å². The molecule has 0 spiro atoms. The number of ether oxygens (including phenoxy) is 2. The molecule has 0 radical (unpaired) electrons. The van der Waals surface area contributed by atoms with Crippen molar-refractivity contribution in [1.82, 2.24) is 10.2 Å². The molecule has 0 aromatic heterocycles. The van der Waals surface area contributed by atoms with Gasteiger partial charge in [0.2, 0.25) is 0 Å². The largest absolute Gasteiger partial charge is 0.469 e. The number of carbonyl (C=O) groups excluding carboxylic acids is 2. The number of nitrogens with zero attached hydrogens (tertiary/aromatic N) is 1. The summed E-state index contributed by atoms with van der Waals surface area (Å²) in [5.41, 5.74) is 0.990. The molecule has 1 aromatic carbocycles. The summed E-state index contributed by atoms with van der Waals surface area (Å²) in [4.78, 5) is 25.9. The fourth-order valence-corrected chi connectivity index (χ4v) is 2.83. The van der Waals surface area contributed by atoms with Crippen LogP contribution in [0.4, 0.5) is 4.79 Å². The van der Waals surface area contributed by atoms with Crippen molar-refractivity contribution < 1.29 is 19.1 Å². The number of urea groups is 1. The van der Waals surface area contributed by atoms with E-state index in [9.17, 15) is 9.59 Å². The van der Waals surface area contributed by atoms with Gasteiger partial charge >= 0.3 is 12.0 Å². The van der Waals surface area contributed by atoms with Crippen molar-refractivity contribution in [2.45, 2.75) is 18.9 Å². The molecule has 23 heavy (non-hydrogen) atoms. The topological polar surface area (TPSA) is 67.9 Å². The Kier molecular flexibility index (Phi) is 6.40. The monoisotopic (exact) mass is 320 g/mol. The molecular weight excluding hydrogens is 296 g/mol. The number of piperidine rings is 1. The third-order valence-corrected chi connectivity index (χ3v) is 4.08. The number of methoxy groups -OCH3 is 2. The van der Waals surface area contributed by atoms with Crippen molar-refractivity contribution in [1.29, 1.82) is 0 Å². The Morgan fingerprint density at radius 3 is 2.70 bits per heavy atom. The average molecular weight is 320 g/mol. The first kappa shape index (κ1) is 17.3. The number of esters is 1. The van der Waals surface area contributed by atoms with Gasteiger partial charge < -0.3 is 19.7 Å². The van der Waals surface area contributed by atoms with E-state index in [4.69, 9.17) is 9.47 Å². The minimum Gasteiger partial charge on any atom is -0.469 e. The first-order valence-electron chi connectivity index (χ1n) is 7.83. The lowest BCUT2D eigenvalue weighted by atomic mass is 9.98. The number of amides is 2. The van der Waals surface area contributed by atoms with Gasteiger partial charge in [-0.3, -0.25) is 4.79 Å².